The zero-order valence-electron chi connectivity index (χ0n) is 13.8. The summed E-state index contributed by atoms with van der Waals surface area (Å²) in [5, 5.41) is 12.0. The predicted octanol–water partition coefficient (Wildman–Crippen LogP) is 3.54. The molecule has 0 saturated heterocycles. The van der Waals surface area contributed by atoms with Gasteiger partial charge in [0.2, 0.25) is 5.91 Å². The summed E-state index contributed by atoms with van der Waals surface area (Å²) < 4.78 is 7.09. The molecule has 1 heterocycles. The Morgan fingerprint density at radius 2 is 1.88 bits per heavy atom. The number of methoxy groups -OCH3 is 1. The van der Waals surface area contributed by atoms with E-state index in [0.29, 0.717) is 17.0 Å². The minimum Gasteiger partial charge on any atom is -0.497 e. The third kappa shape index (κ3) is 3.88. The van der Waals surface area contributed by atoms with Gasteiger partial charge in [0.25, 0.3) is 0 Å². The second-order valence-corrected chi connectivity index (χ2v) is 5.51. The molecule has 0 aliphatic heterocycles. The van der Waals surface area contributed by atoms with Crippen molar-refractivity contribution in [2.75, 3.05) is 12.4 Å². The van der Waals surface area contributed by atoms with E-state index < -0.39 is 0 Å². The van der Waals surface area contributed by atoms with Crippen LogP contribution in [0.5, 0.6) is 5.75 Å². The molecule has 124 valence electrons. The lowest BCUT2D eigenvalue weighted by molar-refractivity contribution is -0.115. The summed E-state index contributed by atoms with van der Waals surface area (Å²) in [6.07, 6.45) is 4.17. The Balaban J connectivity index is 1.68. The fourth-order valence-electron chi connectivity index (χ4n) is 2.52. The molecule has 5 nitrogen and oxygen atoms in total. The Kier molecular flexibility index (Phi) is 4.82. The molecular formula is C20H17N3O2. The van der Waals surface area contributed by atoms with Gasteiger partial charge in [-0.3, -0.25) is 4.79 Å². The molecule has 0 radical (unpaired) electrons. The summed E-state index contributed by atoms with van der Waals surface area (Å²) in [7, 11) is 1.53. The highest BCUT2D eigenvalue weighted by atomic mass is 16.5. The third-order valence-corrected chi connectivity index (χ3v) is 3.82. The lowest BCUT2D eigenvalue weighted by Gasteiger charge is -2.09. The number of hydrogen-bond acceptors (Lipinski definition) is 3. The molecule has 0 aliphatic rings. The number of amides is 1. The summed E-state index contributed by atoms with van der Waals surface area (Å²) in [6.45, 7) is 0. The van der Waals surface area contributed by atoms with Gasteiger partial charge >= 0.3 is 0 Å². The molecular weight excluding hydrogens is 314 g/mol. The molecule has 1 aromatic heterocycles. The van der Waals surface area contributed by atoms with Crippen LogP contribution >= 0.6 is 0 Å². The molecule has 0 unspecified atom stereocenters. The number of nitriles is 1. The van der Waals surface area contributed by atoms with E-state index in [1.807, 2.05) is 53.4 Å². The first-order valence-corrected chi connectivity index (χ1v) is 7.80. The molecule has 0 fully saturated rings. The van der Waals surface area contributed by atoms with E-state index in [1.54, 1.807) is 18.2 Å². The van der Waals surface area contributed by atoms with Crippen LogP contribution in [0.1, 0.15) is 11.1 Å². The molecule has 0 atom stereocenters. The minimum atomic E-state index is -0.171. The normalized spacial score (nSPS) is 10.1. The van der Waals surface area contributed by atoms with E-state index in [4.69, 9.17) is 4.74 Å². The van der Waals surface area contributed by atoms with Gasteiger partial charge in [-0.2, -0.15) is 5.26 Å². The van der Waals surface area contributed by atoms with E-state index in [9.17, 15) is 10.1 Å². The topological polar surface area (TPSA) is 67.0 Å². The smallest absolute Gasteiger partial charge is 0.228 e. The summed E-state index contributed by atoms with van der Waals surface area (Å²) in [5.41, 5.74) is 2.80. The predicted molar refractivity (Wildman–Crippen MR) is 95.8 cm³/mol. The fourth-order valence-corrected chi connectivity index (χ4v) is 2.52. The molecule has 0 bridgehead atoms. The maximum absolute atomic E-state index is 12.3. The largest absolute Gasteiger partial charge is 0.497 e. The Labute approximate surface area is 146 Å². The lowest BCUT2D eigenvalue weighted by Crippen LogP contribution is -2.15. The molecule has 1 N–H and O–H groups in total. The van der Waals surface area contributed by atoms with Gasteiger partial charge in [0.1, 0.15) is 11.8 Å². The van der Waals surface area contributed by atoms with Crippen molar-refractivity contribution in [3.63, 3.8) is 0 Å². The molecule has 25 heavy (non-hydrogen) atoms. The van der Waals surface area contributed by atoms with Gasteiger partial charge in [0.15, 0.2) is 0 Å². The SMILES string of the molecule is COc1ccc(NC(=O)Cc2ccc(-n3cccc3)cc2)c(C#N)c1. The number of carbonyl (C=O) groups is 1. The minimum absolute atomic E-state index is 0.171. The van der Waals surface area contributed by atoms with Gasteiger partial charge in [0.05, 0.1) is 24.8 Å². The van der Waals surface area contributed by atoms with Crippen molar-refractivity contribution in [1.82, 2.24) is 4.57 Å². The average molecular weight is 331 g/mol. The molecule has 2 aromatic carbocycles. The Bertz CT molecular complexity index is 907. The van der Waals surface area contributed by atoms with Crippen LogP contribution in [0.25, 0.3) is 5.69 Å². The standard InChI is InChI=1S/C20H17N3O2/c1-25-18-8-9-19(16(13-18)14-21)22-20(24)12-15-4-6-17(7-5-15)23-10-2-3-11-23/h2-11,13H,12H2,1H3,(H,22,24). The van der Waals surface area contributed by atoms with E-state index in [-0.39, 0.29) is 12.3 Å². The summed E-state index contributed by atoms with van der Waals surface area (Å²) >= 11 is 0. The Hall–Kier alpha value is -3.52. The van der Waals surface area contributed by atoms with Gasteiger partial charge in [-0.05, 0) is 48.0 Å². The molecule has 5 heteroatoms. The van der Waals surface area contributed by atoms with Crippen LogP contribution in [0.4, 0.5) is 5.69 Å². The van der Waals surface area contributed by atoms with Crippen LogP contribution in [0.3, 0.4) is 0 Å². The van der Waals surface area contributed by atoms with Crippen molar-refractivity contribution in [3.8, 4) is 17.5 Å². The summed E-state index contributed by atoms with van der Waals surface area (Å²) in [6, 6.07) is 18.8. The zero-order valence-corrected chi connectivity index (χ0v) is 13.8. The second kappa shape index (κ2) is 7.37. The fraction of sp³-hybridized carbons (Fsp3) is 0.100. The first kappa shape index (κ1) is 16.3. The van der Waals surface area contributed by atoms with Gasteiger partial charge in [0, 0.05) is 18.1 Å². The number of hydrogen-bond donors (Lipinski definition) is 1. The maximum Gasteiger partial charge on any atom is 0.228 e. The summed E-state index contributed by atoms with van der Waals surface area (Å²) in [5.74, 6) is 0.408. The van der Waals surface area contributed by atoms with Crippen LogP contribution in [-0.2, 0) is 11.2 Å². The third-order valence-electron chi connectivity index (χ3n) is 3.82. The van der Waals surface area contributed by atoms with Crippen LogP contribution in [0.15, 0.2) is 67.0 Å². The number of anilines is 1. The van der Waals surface area contributed by atoms with Crippen molar-refractivity contribution in [2.45, 2.75) is 6.42 Å². The van der Waals surface area contributed by atoms with E-state index >= 15 is 0 Å². The van der Waals surface area contributed by atoms with E-state index in [0.717, 1.165) is 11.3 Å². The molecule has 0 aliphatic carbocycles. The Morgan fingerprint density at radius 3 is 2.52 bits per heavy atom. The quantitative estimate of drug-likeness (QED) is 0.777. The van der Waals surface area contributed by atoms with Gasteiger partial charge in [-0.25, -0.2) is 0 Å². The molecule has 1 amide bonds. The van der Waals surface area contributed by atoms with E-state index in [1.165, 1.54) is 7.11 Å². The van der Waals surface area contributed by atoms with Crippen LogP contribution in [-0.4, -0.2) is 17.6 Å². The monoisotopic (exact) mass is 331 g/mol. The van der Waals surface area contributed by atoms with Crippen molar-refractivity contribution in [1.29, 1.82) is 5.26 Å². The highest BCUT2D eigenvalue weighted by molar-refractivity contribution is 5.93. The Morgan fingerprint density at radius 1 is 1.16 bits per heavy atom. The van der Waals surface area contributed by atoms with Gasteiger partial charge in [-0.1, -0.05) is 12.1 Å². The first-order valence-electron chi connectivity index (χ1n) is 7.80. The van der Waals surface area contributed by atoms with Crippen LogP contribution < -0.4 is 10.1 Å². The molecule has 3 aromatic rings. The highest BCUT2D eigenvalue weighted by Gasteiger charge is 2.09. The number of ether oxygens (including phenoxy) is 1. The molecule has 0 spiro atoms. The van der Waals surface area contributed by atoms with Crippen molar-refractivity contribution >= 4 is 11.6 Å². The van der Waals surface area contributed by atoms with Gasteiger partial charge in [-0.15, -0.1) is 0 Å². The van der Waals surface area contributed by atoms with Gasteiger partial charge < -0.3 is 14.6 Å². The van der Waals surface area contributed by atoms with Crippen molar-refractivity contribution < 1.29 is 9.53 Å². The highest BCUT2D eigenvalue weighted by Crippen LogP contribution is 2.21. The summed E-state index contributed by atoms with van der Waals surface area (Å²) in [4.78, 5) is 12.3. The zero-order chi connectivity index (χ0) is 17.6. The van der Waals surface area contributed by atoms with Crippen LogP contribution in [0.2, 0.25) is 0 Å². The van der Waals surface area contributed by atoms with Crippen molar-refractivity contribution in [3.05, 3.63) is 78.1 Å². The van der Waals surface area contributed by atoms with E-state index in [2.05, 4.69) is 11.4 Å². The second-order valence-electron chi connectivity index (χ2n) is 5.51. The number of rotatable bonds is 5. The first-order chi connectivity index (χ1) is 12.2. The molecule has 3 rings (SSSR count). The van der Waals surface area contributed by atoms with Crippen molar-refractivity contribution in [2.24, 2.45) is 0 Å². The average Bonchev–Trinajstić information content (AvgIpc) is 3.17. The number of nitrogens with one attached hydrogen (secondary N) is 1. The lowest BCUT2D eigenvalue weighted by atomic mass is 10.1. The number of aromatic nitrogens is 1. The number of carbonyl (C=O) groups excluding carboxylic acids is 1. The van der Waals surface area contributed by atoms with Crippen LogP contribution in [0, 0.1) is 11.3 Å². The molecule has 0 saturated carbocycles. The number of nitrogens with zero attached hydrogens (tertiary/aromatic N) is 2. The number of benzene rings is 2. The maximum atomic E-state index is 12.3.